The van der Waals surface area contributed by atoms with Crippen LogP contribution in [0, 0.1) is 5.82 Å². The van der Waals surface area contributed by atoms with E-state index >= 15 is 0 Å². The topological polar surface area (TPSA) is 37.8 Å². The first kappa shape index (κ1) is 12.5. The van der Waals surface area contributed by atoms with Gasteiger partial charge in [0.25, 0.3) is 0 Å². The molecule has 0 aliphatic rings. The summed E-state index contributed by atoms with van der Waals surface area (Å²) in [5, 5.41) is 3.04. The lowest BCUT2D eigenvalue weighted by Crippen LogP contribution is -1.98. The molecule has 0 fully saturated rings. The van der Waals surface area contributed by atoms with Crippen LogP contribution in [0.4, 0.5) is 15.9 Å². The van der Waals surface area contributed by atoms with Crippen molar-refractivity contribution >= 4 is 50.6 Å². The van der Waals surface area contributed by atoms with Gasteiger partial charge in [0.2, 0.25) is 5.28 Å². The molecule has 0 saturated heterocycles. The molecule has 1 aromatic carbocycles. The predicted octanol–water partition coefficient (Wildman–Crippen LogP) is 4.43. The zero-order chi connectivity index (χ0) is 12.4. The van der Waals surface area contributed by atoms with Gasteiger partial charge >= 0.3 is 0 Å². The molecule has 0 atom stereocenters. The van der Waals surface area contributed by atoms with Crippen molar-refractivity contribution in [2.75, 3.05) is 5.32 Å². The summed E-state index contributed by atoms with van der Waals surface area (Å²) in [6.07, 6.45) is 1.34. The first-order valence-electron chi connectivity index (χ1n) is 4.46. The fraction of sp³-hybridized carbons (Fsp3) is 0. The second kappa shape index (κ2) is 5.16. The maximum Gasteiger partial charge on any atom is 0.224 e. The van der Waals surface area contributed by atoms with E-state index in [0.29, 0.717) is 4.47 Å². The Kier molecular flexibility index (Phi) is 3.81. The molecule has 7 heteroatoms. The van der Waals surface area contributed by atoms with E-state index in [1.807, 2.05) is 0 Å². The van der Waals surface area contributed by atoms with Crippen LogP contribution < -0.4 is 5.32 Å². The van der Waals surface area contributed by atoms with E-state index in [1.165, 1.54) is 12.3 Å². The van der Waals surface area contributed by atoms with Crippen LogP contribution in [0.15, 0.2) is 28.9 Å². The van der Waals surface area contributed by atoms with Crippen molar-refractivity contribution in [2.24, 2.45) is 0 Å². The van der Waals surface area contributed by atoms with Gasteiger partial charge in [-0.3, -0.25) is 0 Å². The summed E-state index contributed by atoms with van der Waals surface area (Å²) in [7, 11) is 0. The number of nitrogens with zero attached hydrogens (tertiary/aromatic N) is 2. The number of nitrogens with one attached hydrogen (secondary N) is 1. The van der Waals surface area contributed by atoms with Gasteiger partial charge in [-0.05, 0) is 29.8 Å². The van der Waals surface area contributed by atoms with Gasteiger partial charge in [-0.15, -0.1) is 0 Å². The highest BCUT2D eigenvalue weighted by atomic mass is 79.9. The van der Waals surface area contributed by atoms with Gasteiger partial charge in [-0.2, -0.15) is 4.98 Å². The van der Waals surface area contributed by atoms with Gasteiger partial charge in [0.05, 0.1) is 11.9 Å². The van der Waals surface area contributed by atoms with Crippen LogP contribution in [0.5, 0.6) is 0 Å². The van der Waals surface area contributed by atoms with Crippen LogP contribution in [0.2, 0.25) is 10.3 Å². The Morgan fingerprint density at radius 2 is 2.06 bits per heavy atom. The molecule has 0 amide bonds. The number of hydrogen-bond acceptors (Lipinski definition) is 3. The Balaban J connectivity index is 2.34. The maximum atomic E-state index is 13.6. The molecule has 1 heterocycles. The highest BCUT2D eigenvalue weighted by Gasteiger charge is 2.08. The van der Waals surface area contributed by atoms with Crippen LogP contribution >= 0.6 is 39.1 Å². The molecule has 3 nitrogen and oxygen atoms in total. The standard InChI is InChI=1S/C10H5BrCl2FN3/c11-5-1-2-8(7(14)3-5)16-9-6(12)4-15-10(13)17-9/h1-4H,(H,15,16,17). The molecular weight excluding hydrogens is 332 g/mol. The van der Waals surface area contributed by atoms with E-state index < -0.39 is 5.82 Å². The van der Waals surface area contributed by atoms with Gasteiger partial charge < -0.3 is 5.32 Å². The van der Waals surface area contributed by atoms with E-state index in [4.69, 9.17) is 23.2 Å². The van der Waals surface area contributed by atoms with E-state index in [-0.39, 0.29) is 21.8 Å². The van der Waals surface area contributed by atoms with Crippen LogP contribution in [-0.4, -0.2) is 9.97 Å². The second-order valence-corrected chi connectivity index (χ2v) is 4.75. The van der Waals surface area contributed by atoms with Crippen LogP contribution in [0.1, 0.15) is 0 Å². The molecule has 2 rings (SSSR count). The summed E-state index contributed by atoms with van der Waals surface area (Å²) < 4.78 is 14.2. The Hall–Kier alpha value is -0.910. The normalized spacial score (nSPS) is 10.4. The quantitative estimate of drug-likeness (QED) is 0.824. The third-order valence-corrected chi connectivity index (χ3v) is 2.85. The monoisotopic (exact) mass is 335 g/mol. The number of hydrogen-bond donors (Lipinski definition) is 1. The summed E-state index contributed by atoms with van der Waals surface area (Å²) in [5.74, 6) is -0.168. The van der Waals surface area contributed by atoms with Crippen molar-refractivity contribution in [3.63, 3.8) is 0 Å². The van der Waals surface area contributed by atoms with Crippen molar-refractivity contribution in [2.45, 2.75) is 0 Å². The molecule has 88 valence electrons. The molecule has 0 saturated carbocycles. The van der Waals surface area contributed by atoms with E-state index in [2.05, 4.69) is 31.2 Å². The highest BCUT2D eigenvalue weighted by molar-refractivity contribution is 9.10. The lowest BCUT2D eigenvalue weighted by atomic mass is 10.3. The Bertz CT molecular complexity index is 565. The first-order valence-corrected chi connectivity index (χ1v) is 6.01. The average Bonchev–Trinajstić information content (AvgIpc) is 2.27. The van der Waals surface area contributed by atoms with Crippen LogP contribution in [0.25, 0.3) is 0 Å². The van der Waals surface area contributed by atoms with Gasteiger partial charge in [0.1, 0.15) is 10.8 Å². The Morgan fingerprint density at radius 1 is 1.29 bits per heavy atom. The van der Waals surface area contributed by atoms with Gasteiger partial charge in [0, 0.05) is 4.47 Å². The van der Waals surface area contributed by atoms with Crippen molar-refractivity contribution in [3.05, 3.63) is 45.0 Å². The largest absolute Gasteiger partial charge is 0.336 e. The summed E-state index contributed by atoms with van der Waals surface area (Å²) in [6, 6.07) is 4.59. The molecule has 0 spiro atoms. The van der Waals surface area contributed by atoms with Crippen molar-refractivity contribution in [3.8, 4) is 0 Å². The minimum atomic E-state index is -0.426. The predicted molar refractivity (Wildman–Crippen MR) is 69.4 cm³/mol. The van der Waals surface area contributed by atoms with Gasteiger partial charge in [-0.25, -0.2) is 9.37 Å². The molecule has 0 aliphatic carbocycles. The molecule has 0 radical (unpaired) electrons. The summed E-state index contributed by atoms with van der Waals surface area (Å²) in [6.45, 7) is 0. The van der Waals surface area contributed by atoms with Crippen LogP contribution in [0.3, 0.4) is 0 Å². The number of halogens is 4. The smallest absolute Gasteiger partial charge is 0.224 e. The zero-order valence-electron chi connectivity index (χ0n) is 8.22. The molecular formula is C10H5BrCl2FN3. The van der Waals surface area contributed by atoms with Crippen molar-refractivity contribution < 1.29 is 4.39 Å². The third kappa shape index (κ3) is 3.06. The van der Waals surface area contributed by atoms with Crippen LogP contribution in [-0.2, 0) is 0 Å². The van der Waals surface area contributed by atoms with Gasteiger partial charge in [0.15, 0.2) is 5.82 Å². The summed E-state index contributed by atoms with van der Waals surface area (Å²) >= 11 is 14.6. The van der Waals surface area contributed by atoms with Gasteiger partial charge in [-0.1, -0.05) is 27.5 Å². The van der Waals surface area contributed by atoms with E-state index in [1.54, 1.807) is 12.1 Å². The number of anilines is 2. The Labute approximate surface area is 115 Å². The minimum Gasteiger partial charge on any atom is -0.336 e. The van der Waals surface area contributed by atoms with Crippen molar-refractivity contribution in [1.82, 2.24) is 9.97 Å². The first-order chi connectivity index (χ1) is 8.06. The molecule has 1 N–H and O–H groups in total. The molecule has 0 bridgehead atoms. The number of rotatable bonds is 2. The third-order valence-electron chi connectivity index (χ3n) is 1.90. The lowest BCUT2D eigenvalue weighted by Gasteiger charge is -2.08. The maximum absolute atomic E-state index is 13.6. The van der Waals surface area contributed by atoms with E-state index in [9.17, 15) is 4.39 Å². The zero-order valence-corrected chi connectivity index (χ0v) is 11.3. The summed E-state index contributed by atoms with van der Waals surface area (Å²) in [4.78, 5) is 7.56. The highest BCUT2D eigenvalue weighted by Crippen LogP contribution is 2.26. The van der Waals surface area contributed by atoms with E-state index in [0.717, 1.165) is 0 Å². The molecule has 17 heavy (non-hydrogen) atoms. The summed E-state index contributed by atoms with van der Waals surface area (Å²) in [5.41, 5.74) is 0.255. The second-order valence-electron chi connectivity index (χ2n) is 3.08. The van der Waals surface area contributed by atoms with Crippen molar-refractivity contribution in [1.29, 1.82) is 0 Å². The molecule has 0 aliphatic heterocycles. The SMILES string of the molecule is Fc1cc(Br)ccc1Nc1nc(Cl)ncc1Cl. The number of aromatic nitrogens is 2. The molecule has 1 aromatic heterocycles. The molecule has 2 aromatic rings. The fourth-order valence-electron chi connectivity index (χ4n) is 1.15. The fourth-order valence-corrected chi connectivity index (χ4v) is 1.76. The average molecular weight is 337 g/mol. The molecule has 0 unspecified atom stereocenters. The minimum absolute atomic E-state index is 0.0365. The Morgan fingerprint density at radius 3 is 2.76 bits per heavy atom. The lowest BCUT2D eigenvalue weighted by molar-refractivity contribution is 0.631. The number of benzene rings is 1.